The van der Waals surface area contributed by atoms with E-state index in [1.165, 1.54) is 22.4 Å². The van der Waals surface area contributed by atoms with Crippen molar-refractivity contribution in [3.63, 3.8) is 0 Å². The number of aryl methyl sites for hydroxylation is 2. The smallest absolute Gasteiger partial charge is 0.162 e. The van der Waals surface area contributed by atoms with Crippen LogP contribution in [0.4, 0.5) is 0 Å². The van der Waals surface area contributed by atoms with Gasteiger partial charge in [-0.1, -0.05) is 53.3 Å². The topological polar surface area (TPSA) is 16.8 Å². The predicted molar refractivity (Wildman–Crippen MR) is 80.7 cm³/mol. The summed E-state index contributed by atoms with van der Waals surface area (Å²) in [6.45, 7) is 7.70. The number of aromatic nitrogens is 2. The van der Waals surface area contributed by atoms with E-state index in [1.807, 2.05) is 11.7 Å². The summed E-state index contributed by atoms with van der Waals surface area (Å²) in [7, 11) is 1.92. The number of fused-ring (bicyclic) bond motifs is 1. The van der Waals surface area contributed by atoms with Crippen LogP contribution in [0.2, 0.25) is 0 Å². The van der Waals surface area contributed by atoms with Crippen molar-refractivity contribution in [1.82, 2.24) is 5.10 Å². The Morgan fingerprint density at radius 2 is 1.95 bits per heavy atom. The third kappa shape index (κ3) is 2.97. The Hall–Kier alpha value is -1.38. The van der Waals surface area contributed by atoms with Gasteiger partial charge in [0.1, 0.15) is 5.69 Å². The second-order valence-corrected chi connectivity index (χ2v) is 4.82. The van der Waals surface area contributed by atoms with Gasteiger partial charge >= 0.3 is 0 Å². The fraction of sp³-hybridized carbons (Fsp3) is 0.111. The minimum atomic E-state index is 0. The quantitative estimate of drug-likeness (QED) is 0.513. The van der Waals surface area contributed by atoms with E-state index in [0.717, 1.165) is 16.8 Å². The molecule has 0 amide bonds. The fourth-order valence-corrected chi connectivity index (χ4v) is 2.47. The Morgan fingerprint density at radius 1 is 1.19 bits per heavy atom. The van der Waals surface area contributed by atoms with Gasteiger partial charge < -0.3 is 12.7 Å². The summed E-state index contributed by atoms with van der Waals surface area (Å²) >= 11 is 0. The molecule has 1 radical (unpaired) electrons. The van der Waals surface area contributed by atoms with E-state index in [0.29, 0.717) is 0 Å². The second-order valence-electron chi connectivity index (χ2n) is 4.82. The Morgan fingerprint density at radius 3 is 2.71 bits per heavy atom. The number of hydrogen-bond donors (Lipinski definition) is 0. The van der Waals surface area contributed by atoms with Crippen molar-refractivity contribution < 1.29 is 37.4 Å². The van der Waals surface area contributed by atoms with Crippen molar-refractivity contribution in [2.45, 2.75) is 6.92 Å². The molecule has 101 valence electrons. The molecular formula is C18H15N2Y-. The summed E-state index contributed by atoms with van der Waals surface area (Å²) < 4.78 is 1.82. The minimum Gasteiger partial charge on any atom is -0.344 e. The molecule has 0 spiro atoms. The number of hydrogen-bond acceptors (Lipinski definition) is 1. The van der Waals surface area contributed by atoms with E-state index in [-0.39, 0.29) is 32.7 Å². The molecule has 0 aliphatic carbocycles. The molecule has 0 aliphatic heterocycles. The van der Waals surface area contributed by atoms with E-state index in [2.05, 4.69) is 54.5 Å². The van der Waals surface area contributed by atoms with E-state index in [4.69, 9.17) is 6.58 Å². The number of nitrogens with zero attached hydrogens (tertiary/aromatic N) is 2. The molecule has 21 heavy (non-hydrogen) atoms. The average molecular weight is 348 g/mol. The van der Waals surface area contributed by atoms with Crippen LogP contribution in [0.5, 0.6) is 0 Å². The van der Waals surface area contributed by atoms with Crippen molar-refractivity contribution in [2.24, 2.45) is 7.05 Å². The van der Waals surface area contributed by atoms with E-state index in [9.17, 15) is 0 Å². The zero-order valence-corrected chi connectivity index (χ0v) is 15.0. The van der Waals surface area contributed by atoms with Crippen LogP contribution in [0.1, 0.15) is 11.1 Å². The van der Waals surface area contributed by atoms with Gasteiger partial charge in [0.15, 0.2) is 7.05 Å². The van der Waals surface area contributed by atoms with Crippen LogP contribution >= 0.6 is 0 Å². The van der Waals surface area contributed by atoms with Crippen molar-refractivity contribution in [3.8, 4) is 11.3 Å². The largest absolute Gasteiger partial charge is 0.344 e. The van der Waals surface area contributed by atoms with Gasteiger partial charge in [-0.15, -0.1) is 4.68 Å². The van der Waals surface area contributed by atoms with Gasteiger partial charge in [-0.2, -0.15) is 6.07 Å². The van der Waals surface area contributed by atoms with Crippen LogP contribution in [-0.2, 0) is 39.8 Å². The predicted octanol–water partition coefficient (Wildman–Crippen LogP) is 3.28. The molecule has 0 unspecified atom stereocenters. The zero-order valence-electron chi connectivity index (χ0n) is 12.2. The van der Waals surface area contributed by atoms with Crippen molar-refractivity contribution in [2.75, 3.05) is 0 Å². The average Bonchev–Trinajstić information content (AvgIpc) is 2.49. The molecule has 1 heterocycles. The molecule has 3 heteroatoms. The van der Waals surface area contributed by atoms with Gasteiger partial charge in [0.2, 0.25) is 0 Å². The van der Waals surface area contributed by atoms with Gasteiger partial charge in [0.25, 0.3) is 0 Å². The summed E-state index contributed by atoms with van der Waals surface area (Å²) in [6.07, 6.45) is 3.23. The number of rotatable bonds is 2. The van der Waals surface area contributed by atoms with Crippen LogP contribution in [0.15, 0.2) is 42.6 Å². The monoisotopic (exact) mass is 348 g/mol. The molecule has 0 aliphatic rings. The molecule has 0 bridgehead atoms. The molecule has 2 aromatic carbocycles. The number of benzene rings is 2. The molecular weight excluding hydrogens is 333 g/mol. The van der Waals surface area contributed by atoms with Crippen LogP contribution in [0.3, 0.4) is 0 Å². The Labute approximate surface area is 150 Å². The summed E-state index contributed by atoms with van der Waals surface area (Å²) in [5.41, 5.74) is 4.09. The Bertz CT molecular complexity index is 809. The van der Waals surface area contributed by atoms with Crippen LogP contribution < -0.4 is 4.68 Å². The van der Waals surface area contributed by atoms with Crippen LogP contribution in [0.25, 0.3) is 28.1 Å². The van der Waals surface area contributed by atoms with Gasteiger partial charge in [-0.3, -0.25) is 5.56 Å². The molecule has 1 aromatic heterocycles. The molecule has 0 saturated carbocycles. The third-order valence-electron chi connectivity index (χ3n) is 3.59. The van der Waals surface area contributed by atoms with Crippen LogP contribution in [-0.4, -0.2) is 5.10 Å². The second kappa shape index (κ2) is 6.59. The standard InChI is InChI=1S/C18H15N2.Y/c1-4-14-11-18(20(3)19-12-14)17-10-9-15-7-5-6-8-16(15)13(17)2;/h1,4-10,12H,2-3H3;/q-1;. The third-order valence-corrected chi connectivity index (χ3v) is 3.59. The van der Waals surface area contributed by atoms with Gasteiger partial charge in [0.05, 0.1) is 0 Å². The zero-order chi connectivity index (χ0) is 14.1. The Balaban J connectivity index is 0.00000161. The van der Waals surface area contributed by atoms with E-state index in [1.54, 1.807) is 6.20 Å². The maximum absolute atomic E-state index is 5.57. The summed E-state index contributed by atoms with van der Waals surface area (Å²) in [5.74, 6) is 0. The first-order chi connectivity index (χ1) is 9.70. The first kappa shape index (κ1) is 16.0. The molecule has 0 N–H and O–H groups in total. The Kier molecular flexibility index (Phi) is 5.02. The van der Waals surface area contributed by atoms with Gasteiger partial charge in [-0.05, 0) is 23.3 Å². The van der Waals surface area contributed by atoms with E-state index >= 15 is 0 Å². The first-order valence-electron chi connectivity index (χ1n) is 6.53. The molecule has 0 fully saturated rings. The molecule has 0 atom stereocenters. The molecule has 0 saturated heterocycles. The summed E-state index contributed by atoms with van der Waals surface area (Å²) in [5, 5.41) is 6.81. The molecule has 3 aromatic rings. The van der Waals surface area contributed by atoms with Gasteiger partial charge in [0, 0.05) is 32.7 Å². The summed E-state index contributed by atoms with van der Waals surface area (Å²) in [6, 6.07) is 15.9. The minimum absolute atomic E-state index is 0. The van der Waals surface area contributed by atoms with Crippen molar-refractivity contribution in [1.29, 1.82) is 0 Å². The molecule has 2 nitrogen and oxygen atoms in total. The summed E-state index contributed by atoms with van der Waals surface area (Å²) in [4.78, 5) is 0. The van der Waals surface area contributed by atoms with Crippen molar-refractivity contribution >= 4 is 16.8 Å². The van der Waals surface area contributed by atoms with Crippen molar-refractivity contribution in [3.05, 3.63) is 66.4 Å². The molecule has 3 rings (SSSR count). The maximum Gasteiger partial charge on any atom is 0.162 e. The normalized spacial score (nSPS) is 10.2. The van der Waals surface area contributed by atoms with Gasteiger partial charge in [-0.25, -0.2) is 0 Å². The van der Waals surface area contributed by atoms with E-state index < -0.39 is 0 Å². The fourth-order valence-electron chi connectivity index (χ4n) is 2.47. The SMILES string of the molecule is [CH-]=Cc1[c-]c(-c2ccc3ccccc3c2C)[n+](C)nc1.[Y]. The first-order valence-corrected chi connectivity index (χ1v) is 6.53. The van der Waals surface area contributed by atoms with Crippen LogP contribution in [0, 0.1) is 19.6 Å². The maximum atomic E-state index is 5.57.